The Balaban J connectivity index is 1.60. The maximum absolute atomic E-state index is 8.44. The average Bonchev–Trinajstić information content (AvgIpc) is 2.53. The van der Waals surface area contributed by atoms with Crippen molar-refractivity contribution >= 4 is 0 Å². The van der Waals surface area contributed by atoms with Crippen LogP contribution < -0.4 is 0 Å². The van der Waals surface area contributed by atoms with E-state index in [1.165, 1.54) is 57.8 Å². The predicted octanol–water partition coefficient (Wildman–Crippen LogP) is 3.98. The Labute approximate surface area is 128 Å². The van der Waals surface area contributed by atoms with Crippen molar-refractivity contribution < 1.29 is 9.47 Å². The van der Waals surface area contributed by atoms with Crippen molar-refractivity contribution in [2.24, 2.45) is 23.7 Å². The summed E-state index contributed by atoms with van der Waals surface area (Å²) < 4.78 is 9.75. The molecular weight excluding hydrogens is 264 g/mol. The summed E-state index contributed by atoms with van der Waals surface area (Å²) in [6, 6.07) is 0. The highest BCUT2D eigenvalue weighted by atomic mass is 16.5. The van der Waals surface area contributed by atoms with Gasteiger partial charge in [-0.1, -0.05) is 25.7 Å². The standard InChI is InChI=1S/C17H26N2O2/c18-12-20-10-16-5-1-14(2-6-16)9-15-3-7-17(8-4-15)11-21-13-19/h14-17H,1-11H2. The van der Waals surface area contributed by atoms with Crippen molar-refractivity contribution in [2.75, 3.05) is 13.2 Å². The van der Waals surface area contributed by atoms with E-state index in [1.54, 1.807) is 12.5 Å². The maximum atomic E-state index is 8.44. The van der Waals surface area contributed by atoms with Gasteiger partial charge in [-0.05, 0) is 55.8 Å². The molecule has 2 aliphatic carbocycles. The predicted molar refractivity (Wildman–Crippen MR) is 78.6 cm³/mol. The van der Waals surface area contributed by atoms with Gasteiger partial charge in [0, 0.05) is 0 Å². The van der Waals surface area contributed by atoms with E-state index in [0.29, 0.717) is 25.0 Å². The molecule has 0 aromatic rings. The first-order valence-corrected chi connectivity index (χ1v) is 8.33. The third kappa shape index (κ3) is 5.46. The minimum absolute atomic E-state index is 0.597. The number of nitrogens with zero attached hydrogens (tertiary/aromatic N) is 2. The molecule has 0 aromatic carbocycles. The van der Waals surface area contributed by atoms with Gasteiger partial charge in [0.2, 0.25) is 0 Å². The zero-order chi connectivity index (χ0) is 14.9. The van der Waals surface area contributed by atoms with Crippen LogP contribution in [0.5, 0.6) is 0 Å². The van der Waals surface area contributed by atoms with Gasteiger partial charge in [-0.3, -0.25) is 0 Å². The first kappa shape index (κ1) is 16.0. The molecule has 4 nitrogen and oxygen atoms in total. The Kier molecular flexibility index (Phi) is 6.67. The van der Waals surface area contributed by atoms with Gasteiger partial charge in [0.15, 0.2) is 0 Å². The van der Waals surface area contributed by atoms with Gasteiger partial charge >= 0.3 is 0 Å². The second kappa shape index (κ2) is 8.78. The number of nitriles is 2. The molecule has 0 radical (unpaired) electrons. The van der Waals surface area contributed by atoms with Crippen LogP contribution in [0.4, 0.5) is 0 Å². The molecule has 116 valence electrons. The van der Waals surface area contributed by atoms with Gasteiger partial charge in [0.25, 0.3) is 12.5 Å². The second-order valence-electron chi connectivity index (χ2n) is 6.81. The highest BCUT2D eigenvalue weighted by molar-refractivity contribution is 4.79. The summed E-state index contributed by atoms with van der Waals surface area (Å²) in [5, 5.41) is 16.9. The number of rotatable bonds is 6. The number of hydrogen-bond acceptors (Lipinski definition) is 4. The van der Waals surface area contributed by atoms with Crippen LogP contribution in [0.2, 0.25) is 0 Å². The van der Waals surface area contributed by atoms with E-state index in [4.69, 9.17) is 20.0 Å². The number of ether oxygens (including phenoxy) is 2. The van der Waals surface area contributed by atoms with Crippen molar-refractivity contribution in [2.45, 2.75) is 57.8 Å². The third-order valence-electron chi connectivity index (χ3n) is 5.37. The van der Waals surface area contributed by atoms with Crippen molar-refractivity contribution in [3.8, 4) is 12.5 Å². The summed E-state index contributed by atoms with van der Waals surface area (Å²) in [5.41, 5.74) is 0. The quantitative estimate of drug-likeness (QED) is 0.694. The van der Waals surface area contributed by atoms with Crippen LogP contribution in [0.15, 0.2) is 0 Å². The van der Waals surface area contributed by atoms with Crippen LogP contribution in [-0.2, 0) is 9.47 Å². The lowest BCUT2D eigenvalue weighted by Crippen LogP contribution is -2.23. The van der Waals surface area contributed by atoms with Crippen LogP contribution >= 0.6 is 0 Å². The monoisotopic (exact) mass is 290 g/mol. The van der Waals surface area contributed by atoms with Gasteiger partial charge in [-0.15, -0.1) is 0 Å². The zero-order valence-electron chi connectivity index (χ0n) is 12.8. The fourth-order valence-corrected chi connectivity index (χ4v) is 4.05. The molecule has 0 amide bonds. The van der Waals surface area contributed by atoms with Crippen LogP contribution in [0, 0.1) is 46.7 Å². The largest absolute Gasteiger partial charge is 0.427 e. The average molecular weight is 290 g/mol. The molecule has 0 atom stereocenters. The normalized spacial score (nSPS) is 32.7. The molecule has 0 saturated heterocycles. The van der Waals surface area contributed by atoms with E-state index in [2.05, 4.69) is 0 Å². The molecule has 21 heavy (non-hydrogen) atoms. The Morgan fingerprint density at radius 3 is 1.29 bits per heavy atom. The van der Waals surface area contributed by atoms with Crippen LogP contribution in [0.25, 0.3) is 0 Å². The molecule has 0 N–H and O–H groups in total. The maximum Gasteiger partial charge on any atom is 0.286 e. The fraction of sp³-hybridized carbons (Fsp3) is 0.882. The van der Waals surface area contributed by atoms with E-state index >= 15 is 0 Å². The van der Waals surface area contributed by atoms with E-state index in [1.807, 2.05) is 0 Å². The summed E-state index contributed by atoms with van der Waals surface area (Å²) in [6.45, 7) is 1.24. The molecule has 2 rings (SSSR count). The van der Waals surface area contributed by atoms with E-state index < -0.39 is 0 Å². The Morgan fingerprint density at radius 1 is 0.619 bits per heavy atom. The first-order chi connectivity index (χ1) is 10.3. The van der Waals surface area contributed by atoms with Gasteiger partial charge in [0.1, 0.15) is 13.2 Å². The summed E-state index contributed by atoms with van der Waals surface area (Å²) in [7, 11) is 0. The van der Waals surface area contributed by atoms with Crippen LogP contribution in [0.3, 0.4) is 0 Å². The Bertz CT molecular complexity index is 333. The zero-order valence-corrected chi connectivity index (χ0v) is 12.8. The minimum Gasteiger partial charge on any atom is -0.427 e. The van der Waals surface area contributed by atoms with Crippen molar-refractivity contribution in [1.82, 2.24) is 0 Å². The molecule has 0 aromatic heterocycles. The van der Waals surface area contributed by atoms with E-state index in [9.17, 15) is 0 Å². The molecule has 0 aliphatic heterocycles. The molecule has 0 bridgehead atoms. The van der Waals surface area contributed by atoms with Crippen LogP contribution in [0.1, 0.15) is 57.8 Å². The van der Waals surface area contributed by atoms with Crippen LogP contribution in [-0.4, -0.2) is 13.2 Å². The molecule has 0 heterocycles. The topological polar surface area (TPSA) is 66.0 Å². The fourth-order valence-electron chi connectivity index (χ4n) is 4.05. The first-order valence-electron chi connectivity index (χ1n) is 8.33. The third-order valence-corrected chi connectivity index (χ3v) is 5.37. The van der Waals surface area contributed by atoms with Crippen molar-refractivity contribution in [3.05, 3.63) is 0 Å². The van der Waals surface area contributed by atoms with Crippen molar-refractivity contribution in [3.63, 3.8) is 0 Å². The van der Waals surface area contributed by atoms with Gasteiger partial charge in [-0.2, -0.15) is 10.5 Å². The summed E-state index contributed by atoms with van der Waals surface area (Å²) in [5.74, 6) is 2.94. The van der Waals surface area contributed by atoms with E-state index in [0.717, 1.165) is 11.8 Å². The molecule has 2 saturated carbocycles. The lowest BCUT2D eigenvalue weighted by atomic mass is 9.73. The van der Waals surface area contributed by atoms with Crippen molar-refractivity contribution in [1.29, 1.82) is 10.5 Å². The smallest absolute Gasteiger partial charge is 0.286 e. The summed E-state index contributed by atoms with van der Waals surface area (Å²) in [6.07, 6.45) is 15.0. The molecule has 2 fully saturated rings. The van der Waals surface area contributed by atoms with Gasteiger partial charge in [0.05, 0.1) is 0 Å². The Hall–Kier alpha value is -1.42. The minimum atomic E-state index is 0.597. The number of hydrogen-bond donors (Lipinski definition) is 0. The Morgan fingerprint density at radius 2 is 0.952 bits per heavy atom. The SMILES string of the molecule is N#COCC1CCC(CC2CCC(COC#N)CC2)CC1. The lowest BCUT2D eigenvalue weighted by Gasteiger charge is -2.33. The lowest BCUT2D eigenvalue weighted by molar-refractivity contribution is 0.127. The van der Waals surface area contributed by atoms with Gasteiger partial charge < -0.3 is 9.47 Å². The van der Waals surface area contributed by atoms with E-state index in [-0.39, 0.29) is 0 Å². The highest BCUT2D eigenvalue weighted by Crippen LogP contribution is 2.38. The van der Waals surface area contributed by atoms with Gasteiger partial charge in [-0.25, -0.2) is 0 Å². The molecule has 0 spiro atoms. The molecule has 4 heteroatoms. The summed E-state index contributed by atoms with van der Waals surface area (Å²) >= 11 is 0. The molecule has 0 unspecified atom stereocenters. The highest BCUT2D eigenvalue weighted by Gasteiger charge is 2.27. The summed E-state index contributed by atoms with van der Waals surface area (Å²) in [4.78, 5) is 0. The second-order valence-corrected chi connectivity index (χ2v) is 6.81. The molecular formula is C17H26N2O2. The molecule has 2 aliphatic rings.